The van der Waals surface area contributed by atoms with Gasteiger partial charge in [0.2, 0.25) is 12.5 Å². The van der Waals surface area contributed by atoms with Crippen molar-refractivity contribution in [3.05, 3.63) is 44.7 Å². The predicted octanol–water partition coefficient (Wildman–Crippen LogP) is 3.95. The maximum absolute atomic E-state index is 13.5. The minimum absolute atomic E-state index is 0.0226. The molecule has 2 aromatic heterocycles. The van der Waals surface area contributed by atoms with Crippen LogP contribution in [0.5, 0.6) is 17.2 Å². The number of amides is 1. The van der Waals surface area contributed by atoms with E-state index in [1.165, 1.54) is 23.3 Å². The van der Waals surface area contributed by atoms with Crippen LogP contribution in [0.4, 0.5) is 11.6 Å². The Morgan fingerprint density at radius 1 is 1.45 bits per heavy atom. The number of hydrogen-bond donors (Lipinski definition) is 1. The number of carbonyl (C=O) groups is 1. The van der Waals surface area contributed by atoms with Gasteiger partial charge in [-0.25, -0.2) is 4.90 Å². The van der Waals surface area contributed by atoms with Gasteiger partial charge in [0.25, 0.3) is 11.8 Å². The topological polar surface area (TPSA) is 94.3 Å². The van der Waals surface area contributed by atoms with E-state index >= 15 is 0 Å². The predicted molar refractivity (Wildman–Crippen MR) is 107 cm³/mol. The molecular formula is C19H17ClN2O6S. The average Bonchev–Trinajstić information content (AvgIpc) is 3.46. The van der Waals surface area contributed by atoms with Crippen molar-refractivity contribution in [2.45, 2.75) is 13.3 Å². The summed E-state index contributed by atoms with van der Waals surface area (Å²) in [6.45, 7) is 1.55. The zero-order valence-electron chi connectivity index (χ0n) is 15.6. The second kappa shape index (κ2) is 7.94. The van der Waals surface area contributed by atoms with Crippen LogP contribution in [-0.2, 0) is 6.42 Å². The fraction of sp³-hybridized carbons (Fsp3) is 0.263. The molecule has 0 saturated carbocycles. The molecule has 3 aromatic rings. The van der Waals surface area contributed by atoms with Gasteiger partial charge in [0.05, 0.1) is 12.0 Å². The van der Waals surface area contributed by atoms with Gasteiger partial charge in [0.15, 0.2) is 11.5 Å². The molecule has 0 aliphatic carbocycles. The Balaban J connectivity index is 2.00. The smallest absolute Gasteiger partial charge is 0.275 e. The minimum atomic E-state index is -0.380. The normalized spacial score (nSPS) is 12.3. The van der Waals surface area contributed by atoms with E-state index in [-0.39, 0.29) is 42.4 Å². The Hall–Kier alpha value is -2.75. The quantitative estimate of drug-likeness (QED) is 0.625. The van der Waals surface area contributed by atoms with Crippen molar-refractivity contribution in [2.24, 2.45) is 0 Å². The number of aromatic nitrogens is 1. The van der Waals surface area contributed by atoms with Gasteiger partial charge in [-0.3, -0.25) is 4.79 Å². The Morgan fingerprint density at radius 2 is 2.28 bits per heavy atom. The molecule has 0 spiro atoms. The SMILES string of the molecule is COc1c2c(cc(CCO)c1N(C(=O)c1cccs1)c1onc(C)c1Cl)OCO2. The molecule has 4 rings (SSSR count). The first kappa shape index (κ1) is 19.6. The van der Waals surface area contributed by atoms with E-state index in [1.54, 1.807) is 30.5 Å². The molecule has 0 saturated heterocycles. The van der Waals surface area contributed by atoms with Crippen LogP contribution in [0.3, 0.4) is 0 Å². The van der Waals surface area contributed by atoms with Gasteiger partial charge in [0.1, 0.15) is 16.4 Å². The van der Waals surface area contributed by atoms with E-state index < -0.39 is 0 Å². The summed E-state index contributed by atoms with van der Waals surface area (Å²) in [5.41, 5.74) is 1.39. The van der Waals surface area contributed by atoms with Crippen LogP contribution < -0.4 is 19.1 Å². The van der Waals surface area contributed by atoms with Crippen molar-refractivity contribution in [2.75, 3.05) is 25.4 Å². The zero-order chi connectivity index (χ0) is 20.5. The van der Waals surface area contributed by atoms with Crippen molar-refractivity contribution in [3.63, 3.8) is 0 Å². The average molecular weight is 437 g/mol. The lowest BCUT2D eigenvalue weighted by Gasteiger charge is -2.25. The molecule has 8 nitrogen and oxygen atoms in total. The molecule has 29 heavy (non-hydrogen) atoms. The Kier molecular flexibility index (Phi) is 5.35. The number of anilines is 2. The molecule has 10 heteroatoms. The number of methoxy groups -OCH3 is 1. The van der Waals surface area contributed by atoms with Crippen molar-refractivity contribution in [3.8, 4) is 17.2 Å². The number of fused-ring (bicyclic) bond motifs is 1. The molecule has 3 heterocycles. The summed E-state index contributed by atoms with van der Waals surface area (Å²) in [4.78, 5) is 15.3. The second-order valence-corrected chi connectivity index (χ2v) is 7.46. The van der Waals surface area contributed by atoms with Gasteiger partial charge in [-0.2, -0.15) is 0 Å². The van der Waals surface area contributed by atoms with Gasteiger partial charge in [-0.05, 0) is 36.4 Å². The molecule has 0 radical (unpaired) electrons. The highest BCUT2D eigenvalue weighted by atomic mass is 35.5. The maximum atomic E-state index is 13.5. The van der Waals surface area contributed by atoms with E-state index in [1.807, 2.05) is 0 Å². The number of ether oxygens (including phenoxy) is 3. The van der Waals surface area contributed by atoms with Crippen LogP contribution in [0.2, 0.25) is 5.02 Å². The van der Waals surface area contributed by atoms with Crippen LogP contribution in [0.15, 0.2) is 28.1 Å². The number of rotatable bonds is 6. The Morgan fingerprint density at radius 3 is 2.90 bits per heavy atom. The van der Waals surface area contributed by atoms with Crippen molar-refractivity contribution in [1.82, 2.24) is 5.16 Å². The standard InChI is InChI=1S/C19H17ClN2O6S/c1-10-14(20)19(28-21-10)22(18(24)13-4-3-7-29-13)15-11(5-6-23)8-12-16(17(15)25-2)27-9-26-12/h3-4,7-8,23H,5-6,9H2,1-2H3. The maximum Gasteiger partial charge on any atom is 0.275 e. The number of benzene rings is 1. The number of thiophene rings is 1. The summed E-state index contributed by atoms with van der Waals surface area (Å²) in [7, 11) is 1.46. The molecule has 0 bridgehead atoms. The summed E-state index contributed by atoms with van der Waals surface area (Å²) in [5, 5.41) is 15.5. The van der Waals surface area contributed by atoms with E-state index in [0.29, 0.717) is 33.3 Å². The molecule has 1 N–H and O–H groups in total. The van der Waals surface area contributed by atoms with Gasteiger partial charge in [-0.15, -0.1) is 11.3 Å². The third-order valence-electron chi connectivity index (χ3n) is 4.39. The molecule has 1 aliphatic heterocycles. The highest BCUT2D eigenvalue weighted by molar-refractivity contribution is 7.12. The van der Waals surface area contributed by atoms with Crippen LogP contribution in [0.1, 0.15) is 20.9 Å². The van der Waals surface area contributed by atoms with Crippen LogP contribution in [0, 0.1) is 6.92 Å². The monoisotopic (exact) mass is 436 g/mol. The third-order valence-corrected chi connectivity index (χ3v) is 5.69. The van der Waals surface area contributed by atoms with Crippen LogP contribution in [0.25, 0.3) is 0 Å². The largest absolute Gasteiger partial charge is 0.491 e. The number of nitrogens with zero attached hydrogens (tertiary/aromatic N) is 2. The van der Waals surface area contributed by atoms with Gasteiger partial charge in [-0.1, -0.05) is 22.8 Å². The fourth-order valence-electron chi connectivity index (χ4n) is 3.09. The Bertz CT molecular complexity index is 1050. The summed E-state index contributed by atoms with van der Waals surface area (Å²) in [6, 6.07) is 5.18. The molecule has 1 aromatic carbocycles. The summed E-state index contributed by atoms with van der Waals surface area (Å²) in [6.07, 6.45) is 0.237. The summed E-state index contributed by atoms with van der Waals surface area (Å²) < 4.78 is 22.1. The summed E-state index contributed by atoms with van der Waals surface area (Å²) in [5.74, 6) is 0.782. The number of halogens is 1. The fourth-order valence-corrected chi connectivity index (χ4v) is 3.90. The van der Waals surface area contributed by atoms with E-state index in [4.69, 9.17) is 30.3 Å². The molecule has 0 fully saturated rings. The van der Waals surface area contributed by atoms with E-state index in [2.05, 4.69) is 5.16 Å². The highest BCUT2D eigenvalue weighted by Gasteiger charge is 2.35. The Labute approximate surface area is 175 Å². The minimum Gasteiger partial charge on any atom is -0.491 e. The van der Waals surface area contributed by atoms with E-state index in [9.17, 15) is 9.90 Å². The van der Waals surface area contributed by atoms with Gasteiger partial charge in [0, 0.05) is 6.61 Å². The van der Waals surface area contributed by atoms with Crippen molar-refractivity contribution >= 4 is 40.4 Å². The third kappa shape index (κ3) is 3.31. The van der Waals surface area contributed by atoms with E-state index in [0.717, 1.165) is 0 Å². The van der Waals surface area contributed by atoms with Gasteiger partial charge < -0.3 is 23.8 Å². The lowest BCUT2D eigenvalue weighted by molar-refractivity contribution is 0.0997. The van der Waals surface area contributed by atoms with Crippen LogP contribution in [-0.4, -0.2) is 36.7 Å². The molecular weight excluding hydrogens is 420 g/mol. The molecule has 1 aliphatic rings. The van der Waals surface area contributed by atoms with Crippen molar-refractivity contribution < 1.29 is 28.6 Å². The molecule has 152 valence electrons. The first-order valence-electron chi connectivity index (χ1n) is 8.66. The lowest BCUT2D eigenvalue weighted by Crippen LogP contribution is -2.27. The summed E-state index contributed by atoms with van der Waals surface area (Å²) >= 11 is 7.69. The van der Waals surface area contributed by atoms with Crippen molar-refractivity contribution in [1.29, 1.82) is 0 Å². The first-order valence-corrected chi connectivity index (χ1v) is 9.92. The zero-order valence-corrected chi connectivity index (χ0v) is 17.2. The molecule has 0 unspecified atom stereocenters. The molecule has 0 atom stereocenters. The number of aliphatic hydroxyl groups excluding tert-OH is 1. The van der Waals surface area contributed by atoms with Crippen LogP contribution >= 0.6 is 22.9 Å². The number of aryl methyl sites for hydroxylation is 1. The lowest BCUT2D eigenvalue weighted by atomic mass is 10.1. The number of carbonyl (C=O) groups excluding carboxylic acids is 1. The van der Waals surface area contributed by atoms with Gasteiger partial charge >= 0.3 is 0 Å². The number of hydrogen-bond acceptors (Lipinski definition) is 8. The second-order valence-electron chi connectivity index (χ2n) is 6.13. The first-order chi connectivity index (χ1) is 14.1. The molecule has 1 amide bonds. The highest BCUT2D eigenvalue weighted by Crippen LogP contribution is 2.52. The number of aliphatic hydroxyl groups is 1.